The second-order valence-corrected chi connectivity index (χ2v) is 7.68. The number of hydrogen-bond acceptors (Lipinski definition) is 6. The first-order valence-corrected chi connectivity index (χ1v) is 10.4. The van der Waals surface area contributed by atoms with E-state index in [0.717, 1.165) is 12.1 Å². The van der Waals surface area contributed by atoms with E-state index in [1.54, 1.807) is 12.1 Å². The number of nitrogen functional groups attached to an aromatic ring is 2. The minimum Gasteiger partial charge on any atom is -0.398 e. The van der Waals surface area contributed by atoms with Gasteiger partial charge in [0.05, 0.1) is 21.3 Å². The summed E-state index contributed by atoms with van der Waals surface area (Å²) < 4.78 is 52.8. The van der Waals surface area contributed by atoms with Gasteiger partial charge in [0.2, 0.25) is 11.9 Å². The summed E-state index contributed by atoms with van der Waals surface area (Å²) in [4.78, 5) is 6.83. The third kappa shape index (κ3) is 5.54. The third-order valence-corrected chi connectivity index (χ3v) is 5.48. The van der Waals surface area contributed by atoms with Gasteiger partial charge < -0.3 is 11.5 Å². The Bertz CT molecular complexity index is 1510. The number of anilines is 2. The highest BCUT2D eigenvalue weighted by molar-refractivity contribution is 9.10. The molecule has 2 aromatic carbocycles. The lowest BCUT2D eigenvalue weighted by atomic mass is 10.0. The molecule has 0 aliphatic rings. The first-order valence-electron chi connectivity index (χ1n) is 9.56. The number of nitrogens with zero attached hydrogens (tertiary/aromatic N) is 4. The monoisotopic (exact) mass is 540 g/mol. The Hall–Kier alpha value is -4.48. The molecule has 35 heavy (non-hydrogen) atoms. The van der Waals surface area contributed by atoms with Crippen LogP contribution >= 0.6 is 15.9 Å². The van der Waals surface area contributed by atoms with Crippen LogP contribution in [0.5, 0.6) is 0 Å². The summed E-state index contributed by atoms with van der Waals surface area (Å²) in [5.74, 6) is -2.76. The van der Waals surface area contributed by atoms with Crippen molar-refractivity contribution in [2.24, 2.45) is 0 Å². The Kier molecular flexibility index (Phi) is 7.64. The largest absolute Gasteiger partial charge is 0.398 e. The number of aromatic nitrogens is 2. The number of hydrogen-bond donors (Lipinski definition) is 2. The van der Waals surface area contributed by atoms with Crippen molar-refractivity contribution in [3.63, 3.8) is 0 Å². The van der Waals surface area contributed by atoms with Crippen molar-refractivity contribution < 1.29 is 17.6 Å². The molecular weight excluding hydrogens is 528 g/mol. The van der Waals surface area contributed by atoms with Crippen molar-refractivity contribution >= 4 is 27.3 Å². The number of benzene rings is 2. The number of halogens is 5. The Morgan fingerprint density at radius 3 is 1.77 bits per heavy atom. The molecule has 4 N–H and O–H groups in total. The van der Waals surface area contributed by atoms with Gasteiger partial charge in [0.1, 0.15) is 18.0 Å². The van der Waals surface area contributed by atoms with Crippen LogP contribution in [0.25, 0.3) is 22.3 Å². The van der Waals surface area contributed by atoms with Crippen LogP contribution in [-0.2, 0) is 0 Å². The lowest BCUT2D eigenvalue weighted by Crippen LogP contribution is -1.98. The predicted molar refractivity (Wildman–Crippen MR) is 125 cm³/mol. The van der Waals surface area contributed by atoms with E-state index in [2.05, 4.69) is 25.9 Å². The van der Waals surface area contributed by atoms with Gasteiger partial charge in [-0.1, -0.05) is 0 Å². The molecule has 0 aliphatic carbocycles. The Morgan fingerprint density at radius 2 is 1.26 bits per heavy atom. The van der Waals surface area contributed by atoms with Gasteiger partial charge >= 0.3 is 0 Å². The molecule has 0 radical (unpaired) electrons. The molecule has 174 valence electrons. The molecule has 4 rings (SSSR count). The Morgan fingerprint density at radius 1 is 0.743 bits per heavy atom. The van der Waals surface area contributed by atoms with Crippen molar-refractivity contribution in [2.45, 2.75) is 0 Å². The highest BCUT2D eigenvalue weighted by atomic mass is 79.9. The van der Waals surface area contributed by atoms with Crippen LogP contribution in [0.3, 0.4) is 0 Å². The van der Waals surface area contributed by atoms with Crippen LogP contribution in [0.2, 0.25) is 0 Å². The summed E-state index contributed by atoms with van der Waals surface area (Å²) in [6.07, 6.45) is 2.55. The average molecular weight is 541 g/mol. The minimum atomic E-state index is -0.728. The van der Waals surface area contributed by atoms with E-state index in [1.165, 1.54) is 42.7 Å². The molecule has 2 heterocycles. The van der Waals surface area contributed by atoms with Crippen LogP contribution in [0.15, 0.2) is 59.3 Å². The van der Waals surface area contributed by atoms with Gasteiger partial charge in [0, 0.05) is 41.3 Å². The molecule has 4 aromatic rings. The first kappa shape index (κ1) is 25.1. The van der Waals surface area contributed by atoms with Gasteiger partial charge in [0.15, 0.2) is 5.82 Å². The summed E-state index contributed by atoms with van der Waals surface area (Å²) in [5.41, 5.74) is 13.0. The SMILES string of the molecule is N#Cc1cc(-c2ccnc(F)c2)c(N)c(Br)c1F.N#Cc1cc(-c2ccnc(F)c2)c(N)cc1F. The van der Waals surface area contributed by atoms with Crippen LogP contribution in [0.1, 0.15) is 11.1 Å². The maximum absolute atomic E-state index is 13.6. The Labute approximate surface area is 205 Å². The summed E-state index contributed by atoms with van der Waals surface area (Å²) >= 11 is 2.98. The maximum Gasteiger partial charge on any atom is 0.213 e. The molecule has 0 fully saturated rings. The van der Waals surface area contributed by atoms with Gasteiger partial charge in [-0.05, 0) is 57.4 Å². The zero-order valence-corrected chi connectivity index (χ0v) is 19.1. The number of nitrogens with two attached hydrogens (primary N) is 2. The molecule has 0 saturated heterocycles. The van der Waals surface area contributed by atoms with Crippen molar-refractivity contribution in [1.82, 2.24) is 9.97 Å². The standard InChI is InChI=1S/C12H6BrF2N3.C12H7F2N3/c13-10-11(15)7(5-16)3-8(12(10)17)6-1-2-18-9(14)4-6;13-10-5-11(16)9(3-8(10)6-15)7-1-2-17-12(14)4-7/h1-4H,17H2;1-5H,16H2. The van der Waals surface area contributed by atoms with E-state index >= 15 is 0 Å². The first-order chi connectivity index (χ1) is 16.7. The van der Waals surface area contributed by atoms with E-state index in [9.17, 15) is 17.6 Å². The number of pyridine rings is 2. The number of rotatable bonds is 2. The molecule has 0 spiro atoms. The molecular formula is C24H13BrF4N6. The summed E-state index contributed by atoms with van der Waals surface area (Å²) in [6, 6.07) is 12.4. The van der Waals surface area contributed by atoms with Crippen LogP contribution < -0.4 is 11.5 Å². The van der Waals surface area contributed by atoms with Gasteiger partial charge in [0.25, 0.3) is 0 Å². The van der Waals surface area contributed by atoms with Crippen molar-refractivity contribution in [3.05, 3.63) is 94.0 Å². The average Bonchev–Trinajstić information content (AvgIpc) is 2.83. The maximum atomic E-state index is 13.6. The molecule has 0 amide bonds. The molecule has 0 atom stereocenters. The fourth-order valence-corrected chi connectivity index (χ4v) is 3.45. The quantitative estimate of drug-likeness (QED) is 0.190. The normalized spacial score (nSPS) is 10.0. The summed E-state index contributed by atoms with van der Waals surface area (Å²) in [5, 5.41) is 17.5. The van der Waals surface area contributed by atoms with E-state index in [4.69, 9.17) is 22.0 Å². The van der Waals surface area contributed by atoms with Gasteiger partial charge in [-0.25, -0.2) is 18.7 Å². The van der Waals surface area contributed by atoms with Gasteiger partial charge in [-0.3, -0.25) is 0 Å². The molecule has 6 nitrogen and oxygen atoms in total. The van der Waals surface area contributed by atoms with Gasteiger partial charge in [-0.2, -0.15) is 19.3 Å². The van der Waals surface area contributed by atoms with Crippen LogP contribution in [0.4, 0.5) is 28.9 Å². The second kappa shape index (κ2) is 10.6. The van der Waals surface area contributed by atoms with Crippen LogP contribution in [-0.4, -0.2) is 9.97 Å². The topological polar surface area (TPSA) is 125 Å². The summed E-state index contributed by atoms with van der Waals surface area (Å²) in [7, 11) is 0. The lowest BCUT2D eigenvalue weighted by molar-refractivity contribution is 0.584. The number of nitriles is 2. The highest BCUT2D eigenvalue weighted by Crippen LogP contribution is 2.35. The second-order valence-electron chi connectivity index (χ2n) is 6.89. The fourth-order valence-electron chi connectivity index (χ4n) is 3.02. The minimum absolute atomic E-state index is 0.00577. The molecule has 0 saturated carbocycles. The van der Waals surface area contributed by atoms with Crippen LogP contribution in [0, 0.1) is 46.2 Å². The zero-order chi connectivity index (χ0) is 25.7. The van der Waals surface area contributed by atoms with E-state index in [-0.39, 0.29) is 27.0 Å². The Balaban J connectivity index is 0.000000196. The molecule has 0 unspecified atom stereocenters. The summed E-state index contributed by atoms with van der Waals surface area (Å²) in [6.45, 7) is 0. The highest BCUT2D eigenvalue weighted by Gasteiger charge is 2.16. The van der Waals surface area contributed by atoms with Crippen molar-refractivity contribution in [3.8, 4) is 34.4 Å². The smallest absolute Gasteiger partial charge is 0.213 e. The van der Waals surface area contributed by atoms with E-state index in [1.807, 2.05) is 0 Å². The van der Waals surface area contributed by atoms with Crippen molar-refractivity contribution in [1.29, 1.82) is 10.5 Å². The molecule has 11 heteroatoms. The van der Waals surface area contributed by atoms with Gasteiger partial charge in [-0.15, -0.1) is 0 Å². The van der Waals surface area contributed by atoms with E-state index < -0.39 is 23.5 Å². The zero-order valence-electron chi connectivity index (χ0n) is 17.5. The van der Waals surface area contributed by atoms with Crippen molar-refractivity contribution in [2.75, 3.05) is 11.5 Å². The molecule has 0 aliphatic heterocycles. The fraction of sp³-hybridized carbons (Fsp3) is 0. The third-order valence-electron chi connectivity index (χ3n) is 4.70. The molecule has 2 aromatic heterocycles. The predicted octanol–water partition coefficient (Wildman–Crippen LogP) is 5.72. The lowest BCUT2D eigenvalue weighted by Gasteiger charge is -2.09. The van der Waals surface area contributed by atoms with E-state index in [0.29, 0.717) is 22.3 Å². The molecule has 0 bridgehead atoms.